The van der Waals surface area contributed by atoms with Crippen LogP contribution in [0, 0.1) is 11.3 Å². The molecule has 1 saturated heterocycles. The average Bonchev–Trinajstić information content (AvgIpc) is 3.00. The predicted molar refractivity (Wildman–Crippen MR) is 87.9 cm³/mol. The van der Waals surface area contributed by atoms with Crippen LogP contribution in [-0.2, 0) is 10.9 Å². The molecular formula is C17H13F3N2O2S. The second-order valence-electron chi connectivity index (χ2n) is 5.43. The second-order valence-corrected chi connectivity index (χ2v) is 6.46. The van der Waals surface area contributed by atoms with Gasteiger partial charge in [0.1, 0.15) is 11.1 Å². The van der Waals surface area contributed by atoms with Gasteiger partial charge in [0.25, 0.3) is 0 Å². The number of hydrogen-bond donors (Lipinski definition) is 0. The number of aldehydes is 1. The molecule has 0 bridgehead atoms. The SMILES string of the molecule is N#Cc1c(N2CCOCC2)sc(C=O)c1-c1cccc(C(F)(F)F)c1. The van der Waals surface area contributed by atoms with Crippen molar-refractivity contribution in [3.63, 3.8) is 0 Å². The van der Waals surface area contributed by atoms with Crippen molar-refractivity contribution >= 4 is 22.6 Å². The minimum absolute atomic E-state index is 0.212. The lowest BCUT2D eigenvalue weighted by Gasteiger charge is -2.27. The average molecular weight is 366 g/mol. The van der Waals surface area contributed by atoms with E-state index in [4.69, 9.17) is 4.74 Å². The number of carbonyl (C=O) groups excluding carboxylic acids is 1. The Bertz CT molecular complexity index is 833. The number of hydrogen-bond acceptors (Lipinski definition) is 5. The highest BCUT2D eigenvalue weighted by molar-refractivity contribution is 7.18. The summed E-state index contributed by atoms with van der Waals surface area (Å²) < 4.78 is 44.3. The maximum atomic E-state index is 13.0. The molecule has 4 nitrogen and oxygen atoms in total. The first kappa shape index (κ1) is 17.5. The van der Waals surface area contributed by atoms with Gasteiger partial charge < -0.3 is 9.64 Å². The number of rotatable bonds is 3. The Balaban J connectivity index is 2.14. The van der Waals surface area contributed by atoms with Crippen molar-refractivity contribution in [2.24, 2.45) is 0 Å². The zero-order valence-corrected chi connectivity index (χ0v) is 13.8. The molecule has 0 saturated carbocycles. The van der Waals surface area contributed by atoms with Crippen molar-refractivity contribution < 1.29 is 22.7 Å². The summed E-state index contributed by atoms with van der Waals surface area (Å²) in [6, 6.07) is 6.75. The first-order valence-corrected chi connectivity index (χ1v) is 8.29. The summed E-state index contributed by atoms with van der Waals surface area (Å²) >= 11 is 1.12. The third-order valence-corrected chi connectivity index (χ3v) is 5.09. The normalized spacial score (nSPS) is 15.0. The van der Waals surface area contributed by atoms with Crippen LogP contribution in [0.25, 0.3) is 11.1 Å². The highest BCUT2D eigenvalue weighted by Crippen LogP contribution is 2.42. The van der Waals surface area contributed by atoms with Crippen LogP contribution >= 0.6 is 11.3 Å². The molecule has 1 aliphatic heterocycles. The number of morpholine rings is 1. The fraction of sp³-hybridized carbons (Fsp3) is 0.294. The third kappa shape index (κ3) is 3.38. The van der Waals surface area contributed by atoms with Crippen LogP contribution < -0.4 is 4.90 Å². The quantitative estimate of drug-likeness (QED) is 0.772. The standard InChI is InChI=1S/C17H13F3N2O2S/c18-17(19,20)12-3-1-2-11(8-12)15-13(9-21)16(25-14(15)10-23)22-4-6-24-7-5-22/h1-3,8,10H,4-7H2. The van der Waals surface area contributed by atoms with E-state index in [0.717, 1.165) is 23.5 Å². The topological polar surface area (TPSA) is 53.3 Å². The molecule has 25 heavy (non-hydrogen) atoms. The minimum Gasteiger partial charge on any atom is -0.378 e. The van der Waals surface area contributed by atoms with E-state index in [1.165, 1.54) is 12.1 Å². The lowest BCUT2D eigenvalue weighted by atomic mass is 9.99. The summed E-state index contributed by atoms with van der Waals surface area (Å²) in [6.45, 7) is 2.13. The van der Waals surface area contributed by atoms with Gasteiger partial charge >= 0.3 is 6.18 Å². The summed E-state index contributed by atoms with van der Waals surface area (Å²) in [5, 5.41) is 10.2. The Morgan fingerprint density at radius 3 is 2.60 bits per heavy atom. The molecule has 0 amide bonds. The molecule has 2 aromatic rings. The van der Waals surface area contributed by atoms with Crippen LogP contribution in [0.5, 0.6) is 0 Å². The molecule has 0 unspecified atom stereocenters. The van der Waals surface area contributed by atoms with Crippen LogP contribution in [0.1, 0.15) is 20.8 Å². The van der Waals surface area contributed by atoms with E-state index >= 15 is 0 Å². The maximum Gasteiger partial charge on any atom is 0.416 e. The predicted octanol–water partition coefficient (Wildman–Crippen LogP) is 3.95. The highest BCUT2D eigenvalue weighted by Gasteiger charge is 2.31. The molecule has 2 heterocycles. The number of benzene rings is 1. The highest BCUT2D eigenvalue weighted by atomic mass is 32.1. The number of halogens is 3. The molecule has 1 aromatic heterocycles. The van der Waals surface area contributed by atoms with E-state index in [0.29, 0.717) is 37.6 Å². The Labute approximate surface area is 146 Å². The van der Waals surface area contributed by atoms with Crippen LogP contribution in [0.3, 0.4) is 0 Å². The molecule has 0 atom stereocenters. The number of nitriles is 1. The van der Waals surface area contributed by atoms with Crippen molar-refractivity contribution in [2.45, 2.75) is 6.18 Å². The Hall–Kier alpha value is -2.37. The molecule has 0 N–H and O–H groups in total. The fourth-order valence-electron chi connectivity index (χ4n) is 2.75. The summed E-state index contributed by atoms with van der Waals surface area (Å²) in [5.41, 5.74) is -0.113. The zero-order chi connectivity index (χ0) is 18.0. The number of carbonyl (C=O) groups is 1. The van der Waals surface area contributed by atoms with E-state index in [-0.39, 0.29) is 21.6 Å². The number of thiophene rings is 1. The van der Waals surface area contributed by atoms with Crippen molar-refractivity contribution in [1.29, 1.82) is 5.26 Å². The number of ether oxygens (including phenoxy) is 1. The summed E-state index contributed by atoms with van der Waals surface area (Å²) in [4.78, 5) is 13.7. The molecule has 130 valence electrons. The Morgan fingerprint density at radius 2 is 2.00 bits per heavy atom. The van der Waals surface area contributed by atoms with Crippen LogP contribution in [0.4, 0.5) is 18.2 Å². The fourth-order valence-corrected chi connectivity index (χ4v) is 3.89. The van der Waals surface area contributed by atoms with Crippen molar-refractivity contribution in [1.82, 2.24) is 0 Å². The number of nitrogens with zero attached hydrogens (tertiary/aromatic N) is 2. The van der Waals surface area contributed by atoms with Gasteiger partial charge in [-0.2, -0.15) is 18.4 Å². The molecule has 8 heteroatoms. The van der Waals surface area contributed by atoms with Gasteiger partial charge in [-0.3, -0.25) is 4.79 Å². The smallest absolute Gasteiger partial charge is 0.378 e. The first-order chi connectivity index (χ1) is 12.0. The van der Waals surface area contributed by atoms with Gasteiger partial charge in [-0.25, -0.2) is 0 Å². The van der Waals surface area contributed by atoms with Crippen molar-refractivity contribution in [2.75, 3.05) is 31.2 Å². The van der Waals surface area contributed by atoms with Crippen molar-refractivity contribution in [3.05, 3.63) is 40.3 Å². The van der Waals surface area contributed by atoms with E-state index in [2.05, 4.69) is 6.07 Å². The molecule has 3 rings (SSSR count). The summed E-state index contributed by atoms with van der Waals surface area (Å²) in [7, 11) is 0. The summed E-state index contributed by atoms with van der Waals surface area (Å²) in [5.74, 6) is 0. The van der Waals surface area contributed by atoms with Gasteiger partial charge in [0.15, 0.2) is 6.29 Å². The Morgan fingerprint density at radius 1 is 1.28 bits per heavy atom. The number of alkyl halides is 3. The Kier molecular flexibility index (Phi) is 4.79. The second kappa shape index (κ2) is 6.86. The molecule has 0 radical (unpaired) electrons. The largest absolute Gasteiger partial charge is 0.416 e. The van der Waals surface area contributed by atoms with Gasteiger partial charge in [-0.05, 0) is 17.7 Å². The maximum absolute atomic E-state index is 13.0. The zero-order valence-electron chi connectivity index (χ0n) is 13.0. The molecule has 1 fully saturated rings. The van der Waals surface area contributed by atoms with E-state index in [1.807, 2.05) is 4.90 Å². The lowest BCUT2D eigenvalue weighted by Crippen LogP contribution is -2.36. The van der Waals surface area contributed by atoms with Gasteiger partial charge in [0.05, 0.1) is 29.2 Å². The van der Waals surface area contributed by atoms with E-state index in [9.17, 15) is 23.2 Å². The van der Waals surface area contributed by atoms with Gasteiger partial charge in [-0.1, -0.05) is 12.1 Å². The lowest BCUT2D eigenvalue weighted by molar-refractivity contribution is -0.137. The van der Waals surface area contributed by atoms with Gasteiger partial charge in [-0.15, -0.1) is 11.3 Å². The molecule has 0 spiro atoms. The van der Waals surface area contributed by atoms with Crippen LogP contribution in [0.15, 0.2) is 24.3 Å². The van der Waals surface area contributed by atoms with Crippen LogP contribution in [-0.4, -0.2) is 32.6 Å². The molecule has 1 aliphatic rings. The van der Waals surface area contributed by atoms with Crippen molar-refractivity contribution in [3.8, 4) is 17.2 Å². The van der Waals surface area contributed by atoms with Crippen LogP contribution in [0.2, 0.25) is 0 Å². The number of anilines is 1. The molecule has 0 aliphatic carbocycles. The summed E-state index contributed by atoms with van der Waals surface area (Å²) in [6.07, 6.45) is -3.90. The molecule has 1 aromatic carbocycles. The van der Waals surface area contributed by atoms with Gasteiger partial charge in [0, 0.05) is 18.7 Å². The monoisotopic (exact) mass is 366 g/mol. The first-order valence-electron chi connectivity index (χ1n) is 7.48. The third-order valence-electron chi connectivity index (χ3n) is 3.91. The molecular weight excluding hydrogens is 353 g/mol. The minimum atomic E-state index is -4.49. The van der Waals surface area contributed by atoms with E-state index < -0.39 is 11.7 Å². The van der Waals surface area contributed by atoms with Gasteiger partial charge in [0.2, 0.25) is 0 Å². The van der Waals surface area contributed by atoms with E-state index in [1.54, 1.807) is 0 Å².